The highest BCUT2D eigenvalue weighted by atomic mass is 31.1. The van der Waals surface area contributed by atoms with Gasteiger partial charge < -0.3 is 4.74 Å². The second-order valence-corrected chi connectivity index (χ2v) is 5.00. The Balaban J connectivity index is 2.08. The third-order valence-electron chi connectivity index (χ3n) is 2.23. The van der Waals surface area contributed by atoms with E-state index in [0.29, 0.717) is 0 Å². The summed E-state index contributed by atoms with van der Waals surface area (Å²) < 4.78 is 22.0. The van der Waals surface area contributed by atoms with Gasteiger partial charge in [-0.05, 0) is 16.7 Å². The zero-order chi connectivity index (χ0) is 10.0. The Morgan fingerprint density at radius 2 is 1.93 bits per heavy atom. The van der Waals surface area contributed by atoms with Crippen molar-refractivity contribution in [1.29, 1.82) is 0 Å². The van der Waals surface area contributed by atoms with Crippen LogP contribution in [0.1, 0.15) is 12.8 Å². The molecule has 4 heteroatoms. The molecule has 2 rings (SSSR count). The van der Waals surface area contributed by atoms with Crippen molar-refractivity contribution in [2.24, 2.45) is 0 Å². The van der Waals surface area contributed by atoms with Crippen molar-refractivity contribution in [2.75, 3.05) is 7.11 Å². The monoisotopic (exact) mass is 211 g/mol. The van der Waals surface area contributed by atoms with Gasteiger partial charge in [-0.15, -0.1) is 4.52 Å². The van der Waals surface area contributed by atoms with Crippen molar-refractivity contribution in [3.05, 3.63) is 30.3 Å². The Labute approximate surface area is 83.9 Å². The lowest BCUT2D eigenvalue weighted by atomic mass is 10.3. The van der Waals surface area contributed by atoms with Gasteiger partial charge in [-0.2, -0.15) is 0 Å². The minimum Gasteiger partial charge on any atom is -0.442 e. The fourth-order valence-corrected chi connectivity index (χ4v) is 2.29. The highest BCUT2D eigenvalue weighted by Gasteiger charge is 2.65. The molecule has 0 spiro atoms. The summed E-state index contributed by atoms with van der Waals surface area (Å²) in [5.74, 6) is 0.755. The van der Waals surface area contributed by atoms with Crippen LogP contribution in [0.3, 0.4) is 0 Å². The topological polar surface area (TPSA) is 35.5 Å². The summed E-state index contributed by atoms with van der Waals surface area (Å²) in [4.78, 5) is 0. The summed E-state index contributed by atoms with van der Waals surface area (Å²) in [6.45, 7) is 0. The highest BCUT2D eigenvalue weighted by molar-refractivity contribution is 7.41. The van der Waals surface area contributed by atoms with E-state index in [-0.39, 0.29) is 0 Å². The zero-order valence-corrected chi connectivity index (χ0v) is 8.87. The fraction of sp³-hybridized carbons (Fsp3) is 0.400. The molecule has 1 aromatic carbocycles. The molecule has 0 amide bonds. The van der Waals surface area contributed by atoms with Crippen LogP contribution >= 0.6 is 8.03 Å². The minimum absolute atomic E-state index is 0.550. The van der Waals surface area contributed by atoms with E-state index in [2.05, 4.69) is 0 Å². The van der Waals surface area contributed by atoms with Crippen LogP contribution in [-0.2, 0) is 9.09 Å². The number of hydrogen-bond donors (Lipinski definition) is 0. The molecule has 0 N–H and O–H groups in total. The summed E-state index contributed by atoms with van der Waals surface area (Å²) in [7, 11) is -0.255. The number of benzene rings is 1. The Morgan fingerprint density at radius 3 is 2.43 bits per heavy atom. The average Bonchev–Trinajstić information content (AvgIpc) is 2.99. The van der Waals surface area contributed by atoms with E-state index < -0.39 is 13.4 Å². The molecule has 0 bridgehead atoms. The van der Waals surface area contributed by atoms with Crippen LogP contribution in [0, 0.1) is 0 Å². The van der Waals surface area contributed by atoms with Crippen LogP contribution in [-0.4, -0.2) is 12.5 Å². The largest absolute Gasteiger partial charge is 0.556 e. The van der Waals surface area contributed by atoms with Crippen molar-refractivity contribution in [2.45, 2.75) is 18.2 Å². The van der Waals surface area contributed by atoms with Crippen LogP contribution < -0.4 is 4.74 Å². The van der Waals surface area contributed by atoms with Gasteiger partial charge in [-0.25, -0.2) is 0 Å². The van der Waals surface area contributed by atoms with Crippen molar-refractivity contribution < 1.29 is 13.8 Å². The van der Waals surface area contributed by atoms with Gasteiger partial charge >= 0.3 is 13.4 Å². The normalized spacial score (nSPS) is 18.8. The van der Waals surface area contributed by atoms with E-state index in [1.54, 1.807) is 0 Å². The first-order valence-electron chi connectivity index (χ1n) is 4.52. The van der Waals surface area contributed by atoms with Gasteiger partial charge in [0.1, 0.15) is 5.75 Å². The second kappa shape index (κ2) is 3.68. The predicted octanol–water partition coefficient (Wildman–Crippen LogP) is 2.94. The average molecular weight is 211 g/mol. The first-order valence-corrected chi connectivity index (χ1v) is 5.70. The molecular formula is C10H12O3P+. The lowest BCUT2D eigenvalue weighted by Crippen LogP contribution is -2.13. The first kappa shape index (κ1) is 9.63. The van der Waals surface area contributed by atoms with Gasteiger partial charge in [0.05, 0.1) is 7.11 Å². The molecule has 0 heterocycles. The van der Waals surface area contributed by atoms with Gasteiger partial charge in [0, 0.05) is 12.8 Å². The molecule has 74 valence electrons. The van der Waals surface area contributed by atoms with Gasteiger partial charge in [0.25, 0.3) is 0 Å². The molecule has 1 aliphatic rings. The Hall–Kier alpha value is -0.920. The maximum absolute atomic E-state index is 11.5. The Kier molecular flexibility index (Phi) is 2.53. The first-order chi connectivity index (χ1) is 6.77. The molecule has 1 saturated carbocycles. The van der Waals surface area contributed by atoms with Crippen LogP contribution in [0.25, 0.3) is 0 Å². The molecule has 0 radical (unpaired) electrons. The molecule has 1 fully saturated rings. The number of para-hydroxylation sites is 1. The molecule has 1 aromatic rings. The molecule has 1 unspecified atom stereocenters. The number of hydrogen-bond acceptors (Lipinski definition) is 3. The number of rotatable bonds is 4. The third-order valence-corrected chi connectivity index (χ3v) is 3.76. The van der Waals surface area contributed by atoms with Crippen LogP contribution in [0.5, 0.6) is 5.75 Å². The predicted molar refractivity (Wildman–Crippen MR) is 53.7 cm³/mol. The van der Waals surface area contributed by atoms with Gasteiger partial charge in [-0.3, -0.25) is 0 Å². The maximum Gasteiger partial charge on any atom is 0.556 e. The molecule has 3 nitrogen and oxygen atoms in total. The smallest absolute Gasteiger partial charge is 0.442 e. The fourth-order valence-electron chi connectivity index (χ4n) is 1.30. The Morgan fingerprint density at radius 1 is 1.29 bits per heavy atom. The quantitative estimate of drug-likeness (QED) is 0.718. The molecule has 0 saturated heterocycles. The zero-order valence-electron chi connectivity index (χ0n) is 7.97. The van der Waals surface area contributed by atoms with Gasteiger partial charge in [0.2, 0.25) is 0 Å². The molecule has 0 aliphatic heterocycles. The summed E-state index contributed by atoms with van der Waals surface area (Å²) in [6, 6.07) is 9.43. The van der Waals surface area contributed by atoms with Crippen molar-refractivity contribution in [3.8, 4) is 5.75 Å². The molecule has 14 heavy (non-hydrogen) atoms. The van der Waals surface area contributed by atoms with Crippen molar-refractivity contribution >= 4 is 8.03 Å². The minimum atomic E-state index is -1.71. The van der Waals surface area contributed by atoms with Crippen LogP contribution in [0.2, 0.25) is 0 Å². The van der Waals surface area contributed by atoms with Crippen LogP contribution in [0.15, 0.2) is 30.3 Å². The molecule has 1 atom stereocenters. The maximum atomic E-state index is 11.5. The second-order valence-electron chi connectivity index (χ2n) is 3.30. The van der Waals surface area contributed by atoms with E-state index >= 15 is 0 Å². The molecule has 1 aliphatic carbocycles. The standard InChI is InChI=1S/C10H12O3P/c1-12-14(11)10(7-8-10)13-9-5-3-2-4-6-9/h2-6H,7-8H2,1H3/q+1. The molecular weight excluding hydrogens is 199 g/mol. The van der Waals surface area contributed by atoms with Gasteiger partial charge in [0.15, 0.2) is 0 Å². The SMILES string of the molecule is CO[P+](=O)C1(Oc2ccccc2)CC1. The summed E-state index contributed by atoms with van der Waals surface area (Å²) in [6.07, 6.45) is 1.62. The van der Waals surface area contributed by atoms with E-state index in [0.717, 1.165) is 18.6 Å². The van der Waals surface area contributed by atoms with Crippen LogP contribution in [0.4, 0.5) is 0 Å². The highest BCUT2D eigenvalue weighted by Crippen LogP contribution is 2.57. The summed E-state index contributed by atoms with van der Waals surface area (Å²) >= 11 is 0. The third kappa shape index (κ3) is 1.79. The van der Waals surface area contributed by atoms with E-state index in [1.807, 2.05) is 30.3 Å². The van der Waals surface area contributed by atoms with E-state index in [9.17, 15) is 4.57 Å². The lowest BCUT2D eigenvalue weighted by Gasteiger charge is -2.06. The van der Waals surface area contributed by atoms with Crippen molar-refractivity contribution in [1.82, 2.24) is 0 Å². The number of ether oxygens (including phenoxy) is 1. The molecule has 0 aromatic heterocycles. The van der Waals surface area contributed by atoms with E-state index in [1.165, 1.54) is 7.11 Å². The Bertz CT molecular complexity index is 332. The summed E-state index contributed by atoms with van der Waals surface area (Å²) in [5, 5.41) is -0.550. The summed E-state index contributed by atoms with van der Waals surface area (Å²) in [5.41, 5.74) is 0. The van der Waals surface area contributed by atoms with Gasteiger partial charge in [-0.1, -0.05) is 18.2 Å². The van der Waals surface area contributed by atoms with E-state index in [4.69, 9.17) is 9.26 Å². The lowest BCUT2D eigenvalue weighted by molar-refractivity contribution is 0.236. The van der Waals surface area contributed by atoms with Crippen molar-refractivity contribution in [3.63, 3.8) is 0 Å².